The van der Waals surface area contributed by atoms with Crippen molar-refractivity contribution in [3.05, 3.63) is 0 Å². The maximum absolute atomic E-state index is 5.79. The Labute approximate surface area is 155 Å². The third-order valence-electron chi connectivity index (χ3n) is 3.25. The highest BCUT2D eigenvalue weighted by atomic mass is 31.2. The lowest BCUT2D eigenvalue weighted by molar-refractivity contribution is -0.135. The molecule has 152 valence electrons. The SMILES string of the molecule is CCCCOC(C)OP(OC(C)OCCCC)OC(C)OCCCC. The van der Waals surface area contributed by atoms with Crippen molar-refractivity contribution in [3.8, 4) is 0 Å². The largest absolute Gasteiger partial charge is 0.352 e. The first-order valence-electron chi connectivity index (χ1n) is 9.68. The Kier molecular flexibility index (Phi) is 17.7. The van der Waals surface area contributed by atoms with Crippen LogP contribution in [-0.2, 0) is 27.8 Å². The Bertz CT molecular complexity index is 239. The topological polar surface area (TPSA) is 55.4 Å². The van der Waals surface area contributed by atoms with Crippen molar-refractivity contribution in [3.63, 3.8) is 0 Å². The van der Waals surface area contributed by atoms with E-state index in [4.69, 9.17) is 27.8 Å². The zero-order valence-corrected chi connectivity index (χ0v) is 17.9. The molecule has 0 radical (unpaired) electrons. The second kappa shape index (κ2) is 17.6. The molecule has 0 bridgehead atoms. The van der Waals surface area contributed by atoms with Crippen LogP contribution in [0.25, 0.3) is 0 Å². The molecule has 3 unspecified atom stereocenters. The van der Waals surface area contributed by atoms with Gasteiger partial charge in [-0.1, -0.05) is 40.0 Å². The first kappa shape index (κ1) is 25.2. The summed E-state index contributed by atoms with van der Waals surface area (Å²) in [5.74, 6) is 0. The van der Waals surface area contributed by atoms with Gasteiger partial charge in [0.2, 0.25) is 0 Å². The van der Waals surface area contributed by atoms with Crippen molar-refractivity contribution >= 4 is 8.60 Å². The van der Waals surface area contributed by atoms with Gasteiger partial charge in [-0.25, -0.2) is 0 Å². The van der Waals surface area contributed by atoms with Gasteiger partial charge in [-0.15, -0.1) is 0 Å². The smallest absolute Gasteiger partial charge is 0.339 e. The summed E-state index contributed by atoms with van der Waals surface area (Å²) in [7, 11) is -1.62. The van der Waals surface area contributed by atoms with E-state index in [-0.39, 0.29) is 0 Å². The predicted octanol–water partition coefficient (Wildman–Crippen LogP) is 5.75. The van der Waals surface area contributed by atoms with E-state index in [1.165, 1.54) is 0 Å². The molecule has 0 aromatic carbocycles. The molecular weight excluding hydrogens is 343 g/mol. The minimum absolute atomic E-state index is 0.400. The van der Waals surface area contributed by atoms with Gasteiger partial charge in [0, 0.05) is 19.8 Å². The fraction of sp³-hybridized carbons (Fsp3) is 1.00. The van der Waals surface area contributed by atoms with Crippen LogP contribution in [0.3, 0.4) is 0 Å². The Hall–Kier alpha value is 0.190. The summed E-state index contributed by atoms with van der Waals surface area (Å²) in [6.45, 7) is 13.9. The summed E-state index contributed by atoms with van der Waals surface area (Å²) >= 11 is 0. The molecule has 0 spiro atoms. The van der Waals surface area contributed by atoms with E-state index in [9.17, 15) is 0 Å². The standard InChI is InChI=1S/C18H39O6P/c1-7-10-13-19-16(4)22-25(23-17(5)20-14-11-8-2)24-18(6)21-15-12-9-3/h16-18H,7-15H2,1-6H3. The van der Waals surface area contributed by atoms with Gasteiger partial charge in [-0.2, -0.15) is 0 Å². The molecule has 0 aliphatic carbocycles. The van der Waals surface area contributed by atoms with Crippen molar-refractivity contribution in [2.45, 2.75) is 98.9 Å². The third kappa shape index (κ3) is 16.1. The molecule has 0 rings (SSSR count). The Morgan fingerprint density at radius 3 is 1.08 bits per heavy atom. The van der Waals surface area contributed by atoms with E-state index >= 15 is 0 Å². The summed E-state index contributed by atoms with van der Waals surface area (Å²) in [6.07, 6.45) is 5.05. The molecule has 0 amide bonds. The van der Waals surface area contributed by atoms with Crippen molar-refractivity contribution in [1.82, 2.24) is 0 Å². The number of hydrogen-bond donors (Lipinski definition) is 0. The Balaban J connectivity index is 4.37. The second-order valence-electron chi connectivity index (χ2n) is 5.92. The molecule has 7 heteroatoms. The molecule has 0 heterocycles. The number of hydrogen-bond acceptors (Lipinski definition) is 6. The minimum atomic E-state index is -1.62. The molecule has 0 aliphatic heterocycles. The van der Waals surface area contributed by atoms with Gasteiger partial charge in [0.25, 0.3) is 0 Å². The number of rotatable bonds is 18. The van der Waals surface area contributed by atoms with Gasteiger partial charge in [0.15, 0.2) is 18.9 Å². The lowest BCUT2D eigenvalue weighted by Crippen LogP contribution is -2.20. The average molecular weight is 382 g/mol. The van der Waals surface area contributed by atoms with Gasteiger partial charge in [0.05, 0.1) is 0 Å². The van der Waals surface area contributed by atoms with Gasteiger partial charge >= 0.3 is 8.60 Å². The summed E-state index contributed by atoms with van der Waals surface area (Å²) in [4.78, 5) is 0. The predicted molar refractivity (Wildman–Crippen MR) is 101 cm³/mol. The zero-order chi connectivity index (χ0) is 18.9. The quantitative estimate of drug-likeness (QED) is 0.171. The Morgan fingerprint density at radius 2 is 0.840 bits per heavy atom. The van der Waals surface area contributed by atoms with Crippen LogP contribution in [0.4, 0.5) is 0 Å². The number of ether oxygens (including phenoxy) is 3. The molecule has 0 saturated carbocycles. The summed E-state index contributed by atoms with van der Waals surface area (Å²) < 4.78 is 34.2. The lowest BCUT2D eigenvalue weighted by atomic mass is 10.4. The maximum Gasteiger partial charge on any atom is 0.339 e. The zero-order valence-electron chi connectivity index (χ0n) is 17.0. The highest BCUT2D eigenvalue weighted by Gasteiger charge is 2.23. The van der Waals surface area contributed by atoms with Crippen LogP contribution in [0.1, 0.15) is 80.1 Å². The van der Waals surface area contributed by atoms with Crippen LogP contribution in [-0.4, -0.2) is 38.7 Å². The van der Waals surface area contributed by atoms with Gasteiger partial charge < -0.3 is 14.2 Å². The first-order valence-corrected chi connectivity index (χ1v) is 10.8. The molecule has 0 N–H and O–H groups in total. The van der Waals surface area contributed by atoms with Crippen molar-refractivity contribution in [2.24, 2.45) is 0 Å². The summed E-state index contributed by atoms with van der Waals surface area (Å²) in [5, 5.41) is 0. The highest BCUT2D eigenvalue weighted by molar-refractivity contribution is 7.41. The van der Waals surface area contributed by atoms with Crippen molar-refractivity contribution in [1.29, 1.82) is 0 Å². The normalized spacial score (nSPS) is 16.6. The van der Waals surface area contributed by atoms with E-state index in [0.717, 1.165) is 38.5 Å². The van der Waals surface area contributed by atoms with Crippen LogP contribution in [0.5, 0.6) is 0 Å². The molecule has 3 atom stereocenters. The first-order chi connectivity index (χ1) is 12.0. The lowest BCUT2D eigenvalue weighted by Gasteiger charge is -2.26. The Morgan fingerprint density at radius 1 is 0.560 bits per heavy atom. The fourth-order valence-electron chi connectivity index (χ4n) is 1.71. The van der Waals surface area contributed by atoms with E-state index in [1.54, 1.807) is 0 Å². The van der Waals surface area contributed by atoms with Crippen LogP contribution in [0.2, 0.25) is 0 Å². The van der Waals surface area contributed by atoms with Crippen LogP contribution in [0.15, 0.2) is 0 Å². The van der Waals surface area contributed by atoms with Crippen LogP contribution < -0.4 is 0 Å². The van der Waals surface area contributed by atoms with Crippen molar-refractivity contribution < 1.29 is 27.8 Å². The van der Waals surface area contributed by atoms with Crippen molar-refractivity contribution in [2.75, 3.05) is 19.8 Å². The molecule has 6 nitrogen and oxygen atoms in total. The summed E-state index contributed by atoms with van der Waals surface area (Å²) in [6, 6.07) is 0. The molecular formula is C18H39O6P. The maximum atomic E-state index is 5.79. The fourth-order valence-corrected chi connectivity index (χ4v) is 2.77. The van der Waals surface area contributed by atoms with Gasteiger partial charge in [-0.3, -0.25) is 13.6 Å². The monoisotopic (exact) mass is 382 g/mol. The molecule has 0 saturated heterocycles. The van der Waals surface area contributed by atoms with Gasteiger partial charge in [0.1, 0.15) is 0 Å². The molecule has 25 heavy (non-hydrogen) atoms. The molecule has 0 aromatic heterocycles. The highest BCUT2D eigenvalue weighted by Crippen LogP contribution is 2.44. The third-order valence-corrected chi connectivity index (χ3v) is 4.66. The van der Waals surface area contributed by atoms with E-state index in [0.29, 0.717) is 19.8 Å². The second-order valence-corrected chi connectivity index (χ2v) is 7.00. The van der Waals surface area contributed by atoms with E-state index in [2.05, 4.69) is 20.8 Å². The van der Waals surface area contributed by atoms with E-state index < -0.39 is 27.5 Å². The van der Waals surface area contributed by atoms with E-state index in [1.807, 2.05) is 20.8 Å². The molecule has 0 aromatic rings. The van der Waals surface area contributed by atoms with Crippen LogP contribution in [0, 0.1) is 0 Å². The van der Waals surface area contributed by atoms with Gasteiger partial charge in [-0.05, 0) is 40.0 Å². The average Bonchev–Trinajstić information content (AvgIpc) is 2.55. The molecule has 0 aliphatic rings. The minimum Gasteiger partial charge on any atom is -0.352 e. The number of unbranched alkanes of at least 4 members (excludes halogenated alkanes) is 3. The summed E-state index contributed by atoms with van der Waals surface area (Å²) in [5.41, 5.74) is 0. The van der Waals surface area contributed by atoms with Crippen LogP contribution >= 0.6 is 8.60 Å². The molecule has 0 fully saturated rings.